The molecule has 228 valence electrons. The molecule has 6 atom stereocenters. The summed E-state index contributed by atoms with van der Waals surface area (Å²) < 4.78 is 6.48. The van der Waals surface area contributed by atoms with Crippen LogP contribution in [0.15, 0.2) is 46.3 Å². The second-order valence-corrected chi connectivity index (χ2v) is 14.6. The standard InChI is InChI=1S/C36H54O5/c1-12-25(8)29(37)36-30(38)27-20-28(33(9,10)40)41-31(27)35(32(36)39,19-17-24(6)7)21-26(16-15-23(4)5)34(36,11)18-13-14-22(2)3/h14-15,17,25-26,28,40H,12-13,16,18-21H2,1-11H3/t25?,26-,28+,34+,35+,36+/m0/s1. The molecule has 3 aliphatic rings. The number of hydrogen-bond acceptors (Lipinski definition) is 5. The second-order valence-electron chi connectivity index (χ2n) is 14.6. The minimum absolute atomic E-state index is 0.0954. The fraction of sp³-hybridized carbons (Fsp3) is 0.694. The lowest BCUT2D eigenvalue weighted by Gasteiger charge is -2.61. The number of fused-ring (bicyclic) bond motifs is 3. The topological polar surface area (TPSA) is 80.7 Å². The van der Waals surface area contributed by atoms with Crippen LogP contribution in [-0.2, 0) is 19.1 Å². The third-order valence-electron chi connectivity index (χ3n) is 10.2. The van der Waals surface area contributed by atoms with Crippen molar-refractivity contribution in [3.05, 3.63) is 46.3 Å². The smallest absolute Gasteiger partial charge is 0.184 e. The molecule has 0 saturated heterocycles. The van der Waals surface area contributed by atoms with Crippen LogP contribution in [0.1, 0.15) is 121 Å². The molecule has 5 heteroatoms. The molecule has 0 amide bonds. The number of hydrogen-bond donors (Lipinski definition) is 1. The summed E-state index contributed by atoms with van der Waals surface area (Å²) in [5.41, 5.74) is -1.14. The zero-order chi connectivity index (χ0) is 31.1. The molecule has 1 heterocycles. The molecule has 1 saturated carbocycles. The number of aliphatic hydroxyl groups is 1. The molecular formula is C36H54O5. The SMILES string of the molecule is CCC(C)C(=O)[C@]12C(=O)C3=C(O[C@@H](C(C)(C)O)C3)[C@@](CC=C(C)C)(C[C@H](CC=C(C)C)[C@@]1(C)CCC=C(C)C)C2=O. The number of ether oxygens (including phenoxy) is 1. The lowest BCUT2D eigenvalue weighted by atomic mass is 9.38. The highest BCUT2D eigenvalue weighted by Gasteiger charge is 2.77. The fourth-order valence-electron chi connectivity index (χ4n) is 7.45. The van der Waals surface area contributed by atoms with Crippen LogP contribution in [-0.4, -0.2) is 34.2 Å². The average molecular weight is 567 g/mol. The summed E-state index contributed by atoms with van der Waals surface area (Å²) in [6, 6.07) is 0. The van der Waals surface area contributed by atoms with Gasteiger partial charge in [0.05, 0.1) is 11.0 Å². The summed E-state index contributed by atoms with van der Waals surface area (Å²) in [5.74, 6) is -1.01. The van der Waals surface area contributed by atoms with Crippen LogP contribution < -0.4 is 0 Å². The van der Waals surface area contributed by atoms with Crippen LogP contribution in [0.25, 0.3) is 0 Å². The van der Waals surface area contributed by atoms with E-state index in [1.54, 1.807) is 13.8 Å². The molecule has 1 aliphatic heterocycles. The summed E-state index contributed by atoms with van der Waals surface area (Å²) in [7, 11) is 0. The van der Waals surface area contributed by atoms with E-state index in [0.29, 0.717) is 49.9 Å². The molecule has 0 spiro atoms. The molecule has 3 rings (SSSR count). The van der Waals surface area contributed by atoms with E-state index in [9.17, 15) is 9.90 Å². The number of ketones is 3. The minimum Gasteiger partial charge on any atom is -0.490 e. The zero-order valence-corrected chi connectivity index (χ0v) is 27.5. The summed E-state index contributed by atoms with van der Waals surface area (Å²) >= 11 is 0. The highest BCUT2D eigenvalue weighted by atomic mass is 16.5. The molecular weight excluding hydrogens is 512 g/mol. The molecule has 1 fully saturated rings. The van der Waals surface area contributed by atoms with Crippen LogP contribution in [0.3, 0.4) is 0 Å². The first kappa shape index (κ1) is 33.2. The fourth-order valence-corrected chi connectivity index (χ4v) is 7.45. The van der Waals surface area contributed by atoms with Gasteiger partial charge in [-0.05, 0) is 105 Å². The van der Waals surface area contributed by atoms with Crippen LogP contribution >= 0.6 is 0 Å². The van der Waals surface area contributed by atoms with E-state index in [2.05, 4.69) is 45.9 Å². The third-order valence-corrected chi connectivity index (χ3v) is 10.2. The Morgan fingerprint density at radius 3 is 2.15 bits per heavy atom. The molecule has 1 N–H and O–H groups in total. The number of allylic oxidation sites excluding steroid dienone is 7. The molecule has 1 unspecified atom stereocenters. The van der Waals surface area contributed by atoms with Gasteiger partial charge < -0.3 is 9.84 Å². The Morgan fingerprint density at radius 1 is 1.05 bits per heavy atom. The summed E-state index contributed by atoms with van der Waals surface area (Å²) in [5, 5.41) is 11.0. The number of Topliss-reactive ketones (excluding diaryl/α,β-unsaturated/α-hetero) is 3. The first-order chi connectivity index (χ1) is 18.9. The van der Waals surface area contributed by atoms with Gasteiger partial charge in [0, 0.05) is 17.9 Å². The van der Waals surface area contributed by atoms with Gasteiger partial charge in [-0.25, -0.2) is 0 Å². The predicted molar refractivity (Wildman–Crippen MR) is 165 cm³/mol. The average Bonchev–Trinajstić information content (AvgIpc) is 3.33. The zero-order valence-electron chi connectivity index (χ0n) is 27.5. The maximum atomic E-state index is 15.4. The number of carbonyl (C=O) groups is 3. The summed E-state index contributed by atoms with van der Waals surface area (Å²) in [4.78, 5) is 45.2. The molecule has 0 aromatic heterocycles. The highest BCUT2D eigenvalue weighted by Crippen LogP contribution is 2.69. The normalized spacial score (nSPS) is 31.7. The van der Waals surface area contributed by atoms with Crippen molar-refractivity contribution in [1.82, 2.24) is 0 Å². The van der Waals surface area contributed by atoms with Crippen molar-refractivity contribution in [3.8, 4) is 0 Å². The Kier molecular flexibility index (Phi) is 9.55. The quantitative estimate of drug-likeness (QED) is 0.202. The van der Waals surface area contributed by atoms with Gasteiger partial charge in [0.25, 0.3) is 0 Å². The molecule has 0 aromatic carbocycles. The maximum absolute atomic E-state index is 15.4. The number of carbonyl (C=O) groups excluding carboxylic acids is 3. The van der Waals surface area contributed by atoms with Crippen molar-refractivity contribution >= 4 is 17.3 Å². The van der Waals surface area contributed by atoms with E-state index >= 15 is 9.59 Å². The minimum atomic E-state index is -1.79. The van der Waals surface area contributed by atoms with Gasteiger partial charge in [-0.3, -0.25) is 14.4 Å². The second kappa shape index (κ2) is 11.8. The van der Waals surface area contributed by atoms with Crippen molar-refractivity contribution in [1.29, 1.82) is 0 Å². The van der Waals surface area contributed by atoms with Crippen LogP contribution in [0.5, 0.6) is 0 Å². The van der Waals surface area contributed by atoms with Gasteiger partial charge in [0.2, 0.25) is 0 Å². The van der Waals surface area contributed by atoms with Crippen molar-refractivity contribution in [2.75, 3.05) is 0 Å². The maximum Gasteiger partial charge on any atom is 0.184 e. The molecule has 2 bridgehead atoms. The Bertz CT molecular complexity index is 1190. The van der Waals surface area contributed by atoms with Gasteiger partial charge in [0.1, 0.15) is 11.9 Å². The van der Waals surface area contributed by atoms with E-state index in [1.807, 2.05) is 34.6 Å². The van der Waals surface area contributed by atoms with Crippen molar-refractivity contribution in [2.24, 2.45) is 28.1 Å². The van der Waals surface area contributed by atoms with Crippen LogP contribution in [0, 0.1) is 28.1 Å². The Balaban J connectivity index is 2.45. The molecule has 2 aliphatic carbocycles. The van der Waals surface area contributed by atoms with E-state index in [1.165, 1.54) is 11.1 Å². The van der Waals surface area contributed by atoms with Gasteiger partial charge in [-0.1, -0.05) is 55.7 Å². The largest absolute Gasteiger partial charge is 0.490 e. The molecule has 5 nitrogen and oxygen atoms in total. The molecule has 41 heavy (non-hydrogen) atoms. The molecule has 0 radical (unpaired) electrons. The summed E-state index contributed by atoms with van der Waals surface area (Å²) in [6.07, 6.45) is 9.33. The summed E-state index contributed by atoms with van der Waals surface area (Å²) in [6.45, 7) is 21.5. The lowest BCUT2D eigenvalue weighted by molar-refractivity contribution is -0.181. The Morgan fingerprint density at radius 2 is 1.63 bits per heavy atom. The monoisotopic (exact) mass is 566 g/mol. The van der Waals surface area contributed by atoms with Gasteiger partial charge in [0.15, 0.2) is 22.8 Å². The lowest BCUT2D eigenvalue weighted by Crippen LogP contribution is -2.70. The third kappa shape index (κ3) is 5.48. The van der Waals surface area contributed by atoms with Crippen molar-refractivity contribution < 1.29 is 24.2 Å². The van der Waals surface area contributed by atoms with E-state index in [0.717, 1.165) is 5.57 Å². The van der Waals surface area contributed by atoms with E-state index < -0.39 is 33.9 Å². The first-order valence-electron chi connectivity index (χ1n) is 15.6. The van der Waals surface area contributed by atoms with E-state index in [4.69, 9.17) is 4.74 Å². The highest BCUT2D eigenvalue weighted by molar-refractivity contribution is 6.33. The first-order valence-corrected chi connectivity index (χ1v) is 15.6. The number of rotatable bonds is 11. The van der Waals surface area contributed by atoms with Crippen LogP contribution in [0.2, 0.25) is 0 Å². The Hall–Kier alpha value is -2.27. The van der Waals surface area contributed by atoms with Crippen LogP contribution in [0.4, 0.5) is 0 Å². The van der Waals surface area contributed by atoms with Crippen molar-refractivity contribution in [2.45, 2.75) is 133 Å². The Labute approximate surface area is 248 Å². The predicted octanol–water partition coefficient (Wildman–Crippen LogP) is 8.03. The van der Waals surface area contributed by atoms with Gasteiger partial charge >= 0.3 is 0 Å². The molecule has 0 aromatic rings. The van der Waals surface area contributed by atoms with Crippen molar-refractivity contribution in [3.63, 3.8) is 0 Å². The van der Waals surface area contributed by atoms with Gasteiger partial charge in [-0.15, -0.1) is 0 Å². The van der Waals surface area contributed by atoms with Gasteiger partial charge in [-0.2, -0.15) is 0 Å². The van der Waals surface area contributed by atoms with E-state index in [-0.39, 0.29) is 29.7 Å².